The average molecular weight is 371 g/mol. The number of aryl methyl sites for hydroxylation is 1. The number of amides is 1. The molecule has 0 heterocycles. The Hall–Kier alpha value is -1.39. The maximum atomic E-state index is 13.8. The van der Waals surface area contributed by atoms with E-state index in [0.29, 0.717) is 16.1 Å². The molecule has 0 aliphatic heterocycles. The second-order valence-corrected chi connectivity index (χ2v) is 6.09. The molecule has 0 fully saturated rings. The first-order valence-corrected chi connectivity index (χ1v) is 7.51. The molecule has 0 unspecified atom stereocenters. The molecule has 2 rings (SSSR count). The molecule has 5 heteroatoms. The van der Waals surface area contributed by atoms with Crippen LogP contribution in [0.1, 0.15) is 21.5 Å². The van der Waals surface area contributed by atoms with E-state index in [1.54, 1.807) is 31.3 Å². The summed E-state index contributed by atoms with van der Waals surface area (Å²) in [7, 11) is 1.62. The summed E-state index contributed by atoms with van der Waals surface area (Å²) in [5.41, 5.74) is 1.91. The number of benzene rings is 2. The number of halogens is 3. The SMILES string of the molecule is Cc1ccc(C(=O)N(C)Cc2c(F)cccc2Cl)cc1Br. The zero-order valence-electron chi connectivity index (χ0n) is 11.7. The van der Waals surface area contributed by atoms with Gasteiger partial charge in [-0.2, -0.15) is 0 Å². The maximum Gasteiger partial charge on any atom is 0.253 e. The van der Waals surface area contributed by atoms with Gasteiger partial charge >= 0.3 is 0 Å². The van der Waals surface area contributed by atoms with Crippen LogP contribution >= 0.6 is 27.5 Å². The lowest BCUT2D eigenvalue weighted by Gasteiger charge is -2.19. The van der Waals surface area contributed by atoms with Gasteiger partial charge in [-0.3, -0.25) is 4.79 Å². The first kappa shape index (κ1) is 16.0. The Balaban J connectivity index is 2.21. The summed E-state index contributed by atoms with van der Waals surface area (Å²) in [6.45, 7) is 2.07. The molecule has 2 aromatic rings. The fraction of sp³-hybridized carbons (Fsp3) is 0.188. The smallest absolute Gasteiger partial charge is 0.253 e. The highest BCUT2D eigenvalue weighted by Gasteiger charge is 2.16. The van der Waals surface area contributed by atoms with Crippen molar-refractivity contribution in [3.05, 3.63) is 68.4 Å². The first-order valence-electron chi connectivity index (χ1n) is 6.34. The molecular formula is C16H14BrClFNO. The van der Waals surface area contributed by atoms with Crippen molar-refractivity contribution < 1.29 is 9.18 Å². The Labute approximate surface area is 136 Å². The lowest BCUT2D eigenvalue weighted by Crippen LogP contribution is -2.26. The van der Waals surface area contributed by atoms with Crippen LogP contribution in [0.15, 0.2) is 40.9 Å². The van der Waals surface area contributed by atoms with Crippen molar-refractivity contribution in [2.75, 3.05) is 7.05 Å². The molecule has 0 saturated heterocycles. The predicted octanol–water partition coefficient (Wildman–Crippen LogP) is 4.82. The van der Waals surface area contributed by atoms with E-state index in [1.165, 1.54) is 11.0 Å². The van der Waals surface area contributed by atoms with E-state index in [9.17, 15) is 9.18 Å². The van der Waals surface area contributed by atoms with E-state index < -0.39 is 5.82 Å². The molecule has 1 amide bonds. The molecule has 0 bridgehead atoms. The van der Waals surface area contributed by atoms with Gasteiger partial charge in [-0.25, -0.2) is 4.39 Å². The van der Waals surface area contributed by atoms with E-state index in [2.05, 4.69) is 15.9 Å². The van der Waals surface area contributed by atoms with Gasteiger partial charge in [0.25, 0.3) is 5.91 Å². The molecule has 0 radical (unpaired) electrons. The minimum absolute atomic E-state index is 0.121. The van der Waals surface area contributed by atoms with Crippen molar-refractivity contribution in [2.24, 2.45) is 0 Å². The van der Waals surface area contributed by atoms with Gasteiger partial charge in [-0.15, -0.1) is 0 Å². The summed E-state index contributed by atoms with van der Waals surface area (Å²) in [6, 6.07) is 9.86. The van der Waals surface area contributed by atoms with Crippen LogP contribution in [-0.2, 0) is 6.54 Å². The molecule has 110 valence electrons. The summed E-state index contributed by atoms with van der Waals surface area (Å²) in [5, 5.41) is 0.319. The van der Waals surface area contributed by atoms with Gasteiger partial charge in [-0.05, 0) is 36.8 Å². The van der Waals surface area contributed by atoms with E-state index in [1.807, 2.05) is 13.0 Å². The molecule has 0 N–H and O–H groups in total. The normalized spacial score (nSPS) is 10.5. The molecule has 0 saturated carbocycles. The van der Waals surface area contributed by atoms with Gasteiger partial charge in [0.15, 0.2) is 0 Å². The Morgan fingerprint density at radius 2 is 2.05 bits per heavy atom. The lowest BCUT2D eigenvalue weighted by atomic mass is 10.1. The highest BCUT2D eigenvalue weighted by molar-refractivity contribution is 9.10. The third-order valence-corrected chi connectivity index (χ3v) is 4.43. The van der Waals surface area contributed by atoms with Gasteiger partial charge < -0.3 is 4.90 Å². The number of nitrogens with zero attached hydrogens (tertiary/aromatic N) is 1. The van der Waals surface area contributed by atoms with Crippen molar-refractivity contribution >= 4 is 33.4 Å². The van der Waals surface area contributed by atoms with Crippen LogP contribution in [0.3, 0.4) is 0 Å². The van der Waals surface area contributed by atoms with Crippen LogP contribution < -0.4 is 0 Å². The van der Waals surface area contributed by atoms with Gasteiger partial charge in [0.1, 0.15) is 5.82 Å². The summed E-state index contributed by atoms with van der Waals surface area (Å²) < 4.78 is 14.6. The highest BCUT2D eigenvalue weighted by atomic mass is 79.9. The monoisotopic (exact) mass is 369 g/mol. The summed E-state index contributed by atoms with van der Waals surface area (Å²) in [5.74, 6) is -0.595. The quantitative estimate of drug-likeness (QED) is 0.758. The molecule has 2 nitrogen and oxygen atoms in total. The van der Waals surface area contributed by atoms with Crippen molar-refractivity contribution in [3.8, 4) is 0 Å². The third kappa shape index (κ3) is 3.63. The molecule has 0 spiro atoms. The van der Waals surface area contributed by atoms with Crippen LogP contribution in [0.25, 0.3) is 0 Å². The minimum atomic E-state index is -0.410. The lowest BCUT2D eigenvalue weighted by molar-refractivity contribution is 0.0784. The topological polar surface area (TPSA) is 20.3 Å². The molecule has 0 aliphatic rings. The van der Waals surface area contributed by atoms with Gasteiger partial charge in [0.05, 0.1) is 0 Å². The standard InChI is InChI=1S/C16H14BrClFNO/c1-10-6-7-11(8-13(10)17)16(21)20(2)9-12-14(18)4-3-5-15(12)19/h3-8H,9H2,1-2H3. The van der Waals surface area contributed by atoms with E-state index in [4.69, 9.17) is 11.6 Å². The van der Waals surface area contributed by atoms with Crippen LogP contribution in [0.5, 0.6) is 0 Å². The van der Waals surface area contributed by atoms with Crippen molar-refractivity contribution in [3.63, 3.8) is 0 Å². The molecule has 0 aliphatic carbocycles. The molecule has 21 heavy (non-hydrogen) atoms. The molecular weight excluding hydrogens is 357 g/mol. The number of carbonyl (C=O) groups excluding carboxylic acids is 1. The molecule has 0 aromatic heterocycles. The molecule has 2 aromatic carbocycles. The predicted molar refractivity (Wildman–Crippen MR) is 86.1 cm³/mol. The van der Waals surface area contributed by atoms with E-state index in [-0.39, 0.29) is 12.5 Å². The zero-order valence-corrected chi connectivity index (χ0v) is 14.0. The average Bonchev–Trinajstić information content (AvgIpc) is 2.45. The Morgan fingerprint density at radius 3 is 2.67 bits per heavy atom. The molecule has 0 atom stereocenters. The van der Waals surface area contributed by atoms with Crippen LogP contribution in [0.2, 0.25) is 5.02 Å². The Kier molecular flexibility index (Phi) is 5.01. The summed E-state index contributed by atoms with van der Waals surface area (Å²) in [6.07, 6.45) is 0. The maximum absolute atomic E-state index is 13.8. The number of rotatable bonds is 3. The third-order valence-electron chi connectivity index (χ3n) is 3.22. The first-order chi connectivity index (χ1) is 9.90. The number of carbonyl (C=O) groups is 1. The second kappa shape index (κ2) is 6.58. The zero-order chi connectivity index (χ0) is 15.6. The largest absolute Gasteiger partial charge is 0.337 e. The van der Waals surface area contributed by atoms with Crippen LogP contribution in [0, 0.1) is 12.7 Å². The Bertz CT molecular complexity index is 670. The fourth-order valence-corrected chi connectivity index (χ4v) is 2.54. The number of hydrogen-bond donors (Lipinski definition) is 0. The van der Waals surface area contributed by atoms with Gasteiger partial charge in [0.2, 0.25) is 0 Å². The number of hydrogen-bond acceptors (Lipinski definition) is 1. The van der Waals surface area contributed by atoms with E-state index >= 15 is 0 Å². The van der Waals surface area contributed by atoms with E-state index in [0.717, 1.165) is 10.0 Å². The van der Waals surface area contributed by atoms with Gasteiger partial charge in [-0.1, -0.05) is 39.7 Å². The summed E-state index contributed by atoms with van der Waals surface area (Å²) >= 11 is 9.39. The van der Waals surface area contributed by atoms with Crippen molar-refractivity contribution in [2.45, 2.75) is 13.5 Å². The van der Waals surface area contributed by atoms with Crippen molar-refractivity contribution in [1.29, 1.82) is 0 Å². The summed E-state index contributed by atoms with van der Waals surface area (Å²) in [4.78, 5) is 13.8. The fourth-order valence-electron chi connectivity index (χ4n) is 1.94. The van der Waals surface area contributed by atoms with Crippen LogP contribution in [-0.4, -0.2) is 17.9 Å². The van der Waals surface area contributed by atoms with Crippen LogP contribution in [0.4, 0.5) is 4.39 Å². The Morgan fingerprint density at radius 1 is 1.33 bits per heavy atom. The highest BCUT2D eigenvalue weighted by Crippen LogP contribution is 2.22. The van der Waals surface area contributed by atoms with Gasteiger partial charge in [0, 0.05) is 34.2 Å². The second-order valence-electron chi connectivity index (χ2n) is 4.83. The minimum Gasteiger partial charge on any atom is -0.337 e. The van der Waals surface area contributed by atoms with Crippen molar-refractivity contribution in [1.82, 2.24) is 4.90 Å².